The van der Waals surface area contributed by atoms with Gasteiger partial charge in [0.1, 0.15) is 0 Å². The van der Waals surface area contributed by atoms with E-state index in [4.69, 9.17) is 28.9 Å². The molecule has 3 N–H and O–H groups in total. The van der Waals surface area contributed by atoms with Gasteiger partial charge in [-0.05, 0) is 38.0 Å². The lowest BCUT2D eigenvalue weighted by atomic mass is 9.95. The monoisotopic (exact) mass is 274 g/mol. The van der Waals surface area contributed by atoms with E-state index in [1.165, 1.54) is 0 Å². The molecule has 0 spiro atoms. The summed E-state index contributed by atoms with van der Waals surface area (Å²) in [5.74, 6) is -0.180. The van der Waals surface area contributed by atoms with E-state index in [0.29, 0.717) is 16.5 Å². The molecule has 5 heteroatoms. The highest BCUT2D eigenvalue weighted by Crippen LogP contribution is 2.24. The summed E-state index contributed by atoms with van der Waals surface area (Å²) >= 11 is 11.9. The highest BCUT2D eigenvalue weighted by Gasteiger charge is 2.21. The van der Waals surface area contributed by atoms with Gasteiger partial charge in [0.15, 0.2) is 0 Å². The minimum atomic E-state index is -0.395. The second-order valence-corrected chi connectivity index (χ2v) is 5.39. The van der Waals surface area contributed by atoms with Gasteiger partial charge in [-0.25, -0.2) is 0 Å². The summed E-state index contributed by atoms with van der Waals surface area (Å²) in [6.07, 6.45) is 0.620. The van der Waals surface area contributed by atoms with Crippen molar-refractivity contribution in [2.75, 3.05) is 6.54 Å². The Morgan fingerprint density at radius 3 is 2.59 bits per heavy atom. The second-order valence-electron chi connectivity index (χ2n) is 4.55. The Kier molecular flexibility index (Phi) is 4.80. The lowest BCUT2D eigenvalue weighted by Crippen LogP contribution is -2.47. The molecule has 1 rings (SSSR count). The lowest BCUT2D eigenvalue weighted by Gasteiger charge is -2.26. The van der Waals surface area contributed by atoms with Crippen LogP contribution in [-0.2, 0) is 11.2 Å². The molecule has 0 bridgehead atoms. The summed E-state index contributed by atoms with van der Waals surface area (Å²) in [5.41, 5.74) is 5.81. The molecule has 0 atom stereocenters. The number of halogens is 2. The van der Waals surface area contributed by atoms with Crippen LogP contribution in [0.5, 0.6) is 0 Å². The molecule has 0 fully saturated rings. The molecule has 1 aromatic rings. The van der Waals surface area contributed by atoms with Gasteiger partial charge in [0.2, 0.25) is 5.91 Å². The van der Waals surface area contributed by atoms with Gasteiger partial charge in [-0.2, -0.15) is 0 Å². The van der Waals surface area contributed by atoms with E-state index in [1.807, 2.05) is 19.9 Å². The van der Waals surface area contributed by atoms with Crippen LogP contribution in [0.15, 0.2) is 18.2 Å². The van der Waals surface area contributed by atoms with Crippen LogP contribution in [0.25, 0.3) is 0 Å². The summed E-state index contributed by atoms with van der Waals surface area (Å²) in [4.78, 5) is 11.3. The van der Waals surface area contributed by atoms with E-state index in [1.54, 1.807) is 12.1 Å². The molecule has 0 saturated carbocycles. The van der Waals surface area contributed by atoms with E-state index in [2.05, 4.69) is 5.32 Å². The summed E-state index contributed by atoms with van der Waals surface area (Å²) in [6.45, 7) is 3.83. The summed E-state index contributed by atoms with van der Waals surface area (Å²) in [7, 11) is 0. The standard InChI is InChI=1S/C12H16Cl2N2O/c1-12(2,16-11(17)7-15)6-8-3-4-9(13)5-10(8)14/h3-5H,6-7,15H2,1-2H3,(H,16,17). The predicted octanol–water partition coefficient (Wildman–Crippen LogP) is 2.39. The van der Waals surface area contributed by atoms with Crippen molar-refractivity contribution in [3.63, 3.8) is 0 Å². The van der Waals surface area contributed by atoms with Crippen LogP contribution in [0, 0.1) is 0 Å². The van der Waals surface area contributed by atoms with E-state index in [0.717, 1.165) is 5.56 Å². The van der Waals surface area contributed by atoms with Crippen molar-refractivity contribution < 1.29 is 4.79 Å². The van der Waals surface area contributed by atoms with Gasteiger partial charge in [0.05, 0.1) is 6.54 Å². The Labute approximate surface area is 111 Å². The van der Waals surface area contributed by atoms with E-state index in [9.17, 15) is 4.79 Å². The molecular formula is C12H16Cl2N2O. The first kappa shape index (κ1) is 14.3. The van der Waals surface area contributed by atoms with Crippen molar-refractivity contribution in [1.82, 2.24) is 5.32 Å². The van der Waals surface area contributed by atoms with Gasteiger partial charge in [0, 0.05) is 15.6 Å². The molecule has 0 aromatic heterocycles. The minimum Gasteiger partial charge on any atom is -0.350 e. The lowest BCUT2D eigenvalue weighted by molar-refractivity contribution is -0.121. The number of hydrogen-bond acceptors (Lipinski definition) is 2. The fraction of sp³-hybridized carbons (Fsp3) is 0.417. The molecule has 0 aliphatic carbocycles. The molecule has 0 saturated heterocycles. The number of carbonyl (C=O) groups excluding carboxylic acids is 1. The molecule has 1 amide bonds. The molecule has 0 aliphatic heterocycles. The molecular weight excluding hydrogens is 259 g/mol. The van der Waals surface area contributed by atoms with Gasteiger partial charge in [0.25, 0.3) is 0 Å². The number of amides is 1. The maximum atomic E-state index is 11.3. The van der Waals surface area contributed by atoms with Crippen molar-refractivity contribution in [2.45, 2.75) is 25.8 Å². The van der Waals surface area contributed by atoms with Crippen molar-refractivity contribution in [3.05, 3.63) is 33.8 Å². The first-order chi connectivity index (χ1) is 7.84. The number of carbonyl (C=O) groups is 1. The van der Waals surface area contributed by atoms with Crippen LogP contribution in [0.4, 0.5) is 0 Å². The van der Waals surface area contributed by atoms with Gasteiger partial charge in [-0.15, -0.1) is 0 Å². The number of nitrogens with one attached hydrogen (secondary N) is 1. The minimum absolute atomic E-state index is 0.0161. The van der Waals surface area contributed by atoms with Crippen molar-refractivity contribution in [2.24, 2.45) is 5.73 Å². The summed E-state index contributed by atoms with van der Waals surface area (Å²) in [6, 6.07) is 5.34. The van der Waals surface area contributed by atoms with Gasteiger partial charge in [-0.1, -0.05) is 29.3 Å². The zero-order valence-electron chi connectivity index (χ0n) is 9.89. The average molecular weight is 275 g/mol. The van der Waals surface area contributed by atoms with Crippen LogP contribution in [0.3, 0.4) is 0 Å². The maximum absolute atomic E-state index is 11.3. The summed E-state index contributed by atoms with van der Waals surface area (Å²) < 4.78 is 0. The van der Waals surface area contributed by atoms with Crippen molar-refractivity contribution in [3.8, 4) is 0 Å². The third-order valence-electron chi connectivity index (χ3n) is 2.31. The summed E-state index contributed by atoms with van der Waals surface area (Å²) in [5, 5.41) is 4.04. The Bertz CT molecular complexity index is 419. The molecule has 0 aliphatic rings. The zero-order chi connectivity index (χ0) is 13.1. The molecule has 3 nitrogen and oxygen atoms in total. The fourth-order valence-electron chi connectivity index (χ4n) is 1.61. The molecule has 0 radical (unpaired) electrons. The average Bonchev–Trinajstić information content (AvgIpc) is 2.21. The van der Waals surface area contributed by atoms with E-state index >= 15 is 0 Å². The van der Waals surface area contributed by atoms with Crippen LogP contribution in [0.2, 0.25) is 10.0 Å². The van der Waals surface area contributed by atoms with Gasteiger partial charge < -0.3 is 11.1 Å². The molecule has 0 heterocycles. The van der Waals surface area contributed by atoms with Crippen molar-refractivity contribution >= 4 is 29.1 Å². The number of rotatable bonds is 4. The largest absolute Gasteiger partial charge is 0.350 e. The highest BCUT2D eigenvalue weighted by molar-refractivity contribution is 6.35. The normalized spacial score (nSPS) is 11.4. The second kappa shape index (κ2) is 5.71. The molecule has 94 valence electrons. The highest BCUT2D eigenvalue weighted by atomic mass is 35.5. The fourth-order valence-corrected chi connectivity index (χ4v) is 2.09. The Morgan fingerprint density at radius 1 is 1.41 bits per heavy atom. The smallest absolute Gasteiger partial charge is 0.234 e. The predicted molar refractivity (Wildman–Crippen MR) is 71.4 cm³/mol. The first-order valence-corrected chi connectivity index (χ1v) is 6.04. The van der Waals surface area contributed by atoms with E-state index < -0.39 is 5.54 Å². The van der Waals surface area contributed by atoms with Crippen molar-refractivity contribution in [1.29, 1.82) is 0 Å². The number of benzene rings is 1. The SMILES string of the molecule is CC(C)(Cc1ccc(Cl)cc1Cl)NC(=O)CN. The molecule has 1 aromatic carbocycles. The van der Waals surface area contributed by atoms with Crippen LogP contribution in [-0.4, -0.2) is 18.0 Å². The van der Waals surface area contributed by atoms with Gasteiger partial charge in [-0.3, -0.25) is 4.79 Å². The van der Waals surface area contributed by atoms with Crippen LogP contribution >= 0.6 is 23.2 Å². The third-order valence-corrected chi connectivity index (χ3v) is 2.90. The number of nitrogens with two attached hydrogens (primary N) is 1. The topological polar surface area (TPSA) is 55.1 Å². The Hall–Kier alpha value is -0.770. The van der Waals surface area contributed by atoms with E-state index in [-0.39, 0.29) is 12.5 Å². The third kappa shape index (κ3) is 4.54. The number of hydrogen-bond donors (Lipinski definition) is 2. The zero-order valence-corrected chi connectivity index (χ0v) is 11.4. The Balaban J connectivity index is 2.79. The quantitative estimate of drug-likeness (QED) is 0.886. The van der Waals surface area contributed by atoms with Crippen LogP contribution < -0.4 is 11.1 Å². The first-order valence-electron chi connectivity index (χ1n) is 5.29. The van der Waals surface area contributed by atoms with Gasteiger partial charge >= 0.3 is 0 Å². The maximum Gasteiger partial charge on any atom is 0.234 e. The molecule has 17 heavy (non-hydrogen) atoms. The van der Waals surface area contributed by atoms with Crippen LogP contribution in [0.1, 0.15) is 19.4 Å². The molecule has 0 unspecified atom stereocenters. The Morgan fingerprint density at radius 2 is 2.06 bits per heavy atom.